The van der Waals surface area contributed by atoms with Crippen molar-refractivity contribution in [1.29, 1.82) is 0 Å². The number of carbonyl (C=O) groups is 1. The Balaban J connectivity index is 2.49. The molecule has 0 amide bonds. The minimum Gasteiger partial charge on any atom is -0.288 e. The average Bonchev–Trinajstić information content (AvgIpc) is 2.68. The summed E-state index contributed by atoms with van der Waals surface area (Å²) in [5, 5.41) is 0. The quantitative estimate of drug-likeness (QED) is 0.526. The summed E-state index contributed by atoms with van der Waals surface area (Å²) in [5.41, 5.74) is -1.62. The molecular weight excluding hydrogens is 360 g/mol. The van der Waals surface area contributed by atoms with Crippen LogP contribution in [0, 0.1) is 12.7 Å². The Kier molecular flexibility index (Phi) is 4.02. The Morgan fingerprint density at radius 3 is 2.40 bits per heavy atom. The first kappa shape index (κ1) is 15.2. The SMILES string of the molecule is Cc1sc(C(=O)c2cc(C(F)(F)F)ccc2F)cc1Br. The summed E-state index contributed by atoms with van der Waals surface area (Å²) in [6, 6.07) is 3.29. The fraction of sp³-hybridized carbons (Fsp3) is 0.154. The van der Waals surface area contributed by atoms with Crippen molar-refractivity contribution in [3.63, 3.8) is 0 Å². The summed E-state index contributed by atoms with van der Waals surface area (Å²) >= 11 is 4.30. The average molecular weight is 367 g/mol. The number of hydrogen-bond acceptors (Lipinski definition) is 2. The highest BCUT2D eigenvalue weighted by Gasteiger charge is 2.32. The molecule has 106 valence electrons. The molecule has 0 bridgehead atoms. The van der Waals surface area contributed by atoms with Crippen LogP contribution in [-0.4, -0.2) is 5.78 Å². The second-order valence-electron chi connectivity index (χ2n) is 4.04. The molecule has 0 aliphatic heterocycles. The summed E-state index contributed by atoms with van der Waals surface area (Å²) in [7, 11) is 0. The van der Waals surface area contributed by atoms with Crippen molar-refractivity contribution < 1.29 is 22.4 Å². The number of aryl methyl sites for hydroxylation is 1. The Bertz CT molecular complexity index is 656. The van der Waals surface area contributed by atoms with Gasteiger partial charge in [-0.05, 0) is 47.1 Å². The van der Waals surface area contributed by atoms with E-state index in [-0.39, 0.29) is 4.88 Å². The van der Waals surface area contributed by atoms with Gasteiger partial charge in [-0.25, -0.2) is 4.39 Å². The van der Waals surface area contributed by atoms with Crippen LogP contribution >= 0.6 is 27.3 Å². The minimum absolute atomic E-state index is 0.188. The van der Waals surface area contributed by atoms with Crippen LogP contribution in [0.3, 0.4) is 0 Å². The van der Waals surface area contributed by atoms with Crippen LogP contribution in [0.5, 0.6) is 0 Å². The molecule has 0 saturated heterocycles. The zero-order valence-electron chi connectivity index (χ0n) is 10.0. The van der Waals surface area contributed by atoms with Gasteiger partial charge in [0.1, 0.15) is 5.82 Å². The molecule has 2 aromatic rings. The first-order chi connectivity index (χ1) is 9.20. The summed E-state index contributed by atoms with van der Waals surface area (Å²) in [4.78, 5) is 13.1. The van der Waals surface area contributed by atoms with Gasteiger partial charge in [-0.1, -0.05) is 0 Å². The smallest absolute Gasteiger partial charge is 0.288 e. The predicted octanol–water partition coefficient (Wildman–Crippen LogP) is 5.21. The first-order valence-corrected chi connectivity index (χ1v) is 6.98. The van der Waals surface area contributed by atoms with Crippen molar-refractivity contribution in [2.24, 2.45) is 0 Å². The van der Waals surface area contributed by atoms with Gasteiger partial charge in [0.2, 0.25) is 5.78 Å². The maximum Gasteiger partial charge on any atom is 0.416 e. The third-order valence-electron chi connectivity index (χ3n) is 2.62. The first-order valence-electron chi connectivity index (χ1n) is 5.37. The van der Waals surface area contributed by atoms with Gasteiger partial charge in [0, 0.05) is 9.35 Å². The van der Waals surface area contributed by atoms with E-state index in [0.29, 0.717) is 22.7 Å². The van der Waals surface area contributed by atoms with E-state index in [9.17, 15) is 22.4 Å². The lowest BCUT2D eigenvalue weighted by Crippen LogP contribution is -2.09. The molecule has 1 aromatic carbocycles. The highest BCUT2D eigenvalue weighted by Crippen LogP contribution is 2.32. The topological polar surface area (TPSA) is 17.1 Å². The van der Waals surface area contributed by atoms with Crippen LogP contribution in [0.25, 0.3) is 0 Å². The van der Waals surface area contributed by atoms with Crippen LogP contribution in [0.2, 0.25) is 0 Å². The Morgan fingerprint density at radius 2 is 1.90 bits per heavy atom. The Labute approximate surface area is 124 Å². The number of halogens is 5. The maximum atomic E-state index is 13.6. The highest BCUT2D eigenvalue weighted by atomic mass is 79.9. The second-order valence-corrected chi connectivity index (χ2v) is 6.15. The molecule has 0 aliphatic rings. The molecule has 1 nitrogen and oxygen atoms in total. The van der Waals surface area contributed by atoms with E-state index < -0.39 is 28.9 Å². The van der Waals surface area contributed by atoms with E-state index in [0.717, 1.165) is 16.2 Å². The van der Waals surface area contributed by atoms with E-state index in [4.69, 9.17) is 0 Å². The number of benzene rings is 1. The lowest BCUT2D eigenvalue weighted by atomic mass is 10.1. The maximum absolute atomic E-state index is 13.6. The number of hydrogen-bond donors (Lipinski definition) is 0. The molecule has 0 fully saturated rings. The van der Waals surface area contributed by atoms with Crippen LogP contribution in [0.15, 0.2) is 28.7 Å². The van der Waals surface area contributed by atoms with Gasteiger partial charge < -0.3 is 0 Å². The van der Waals surface area contributed by atoms with Crippen LogP contribution in [0.4, 0.5) is 17.6 Å². The van der Waals surface area contributed by atoms with Gasteiger partial charge in [0.05, 0.1) is 16.0 Å². The van der Waals surface area contributed by atoms with Crippen LogP contribution < -0.4 is 0 Å². The summed E-state index contributed by atoms with van der Waals surface area (Å²) in [6.45, 7) is 1.74. The second kappa shape index (κ2) is 5.29. The molecule has 0 unspecified atom stereocenters. The number of ketones is 1. The molecule has 0 saturated carbocycles. The van der Waals surface area contributed by atoms with Crippen LogP contribution in [-0.2, 0) is 6.18 Å². The molecule has 1 aromatic heterocycles. The van der Waals surface area contributed by atoms with Gasteiger partial charge in [0.25, 0.3) is 0 Å². The predicted molar refractivity (Wildman–Crippen MR) is 71.6 cm³/mol. The van der Waals surface area contributed by atoms with E-state index in [1.54, 1.807) is 6.92 Å². The van der Waals surface area contributed by atoms with Gasteiger partial charge in [-0.15, -0.1) is 11.3 Å². The monoisotopic (exact) mass is 366 g/mol. The molecule has 0 aliphatic carbocycles. The van der Waals surface area contributed by atoms with Gasteiger partial charge in [0.15, 0.2) is 0 Å². The van der Waals surface area contributed by atoms with Crippen molar-refractivity contribution in [3.8, 4) is 0 Å². The normalized spacial score (nSPS) is 11.7. The lowest BCUT2D eigenvalue weighted by molar-refractivity contribution is -0.137. The zero-order valence-corrected chi connectivity index (χ0v) is 12.4. The summed E-state index contributed by atoms with van der Waals surface area (Å²) in [5.74, 6) is -1.72. The zero-order chi connectivity index (χ0) is 15.1. The standard InChI is InChI=1S/C13H7BrF4OS/c1-6-9(14)5-11(20-6)12(19)8-4-7(13(16,17)18)2-3-10(8)15/h2-5H,1H3. The Morgan fingerprint density at radius 1 is 1.25 bits per heavy atom. The van der Waals surface area contributed by atoms with Crippen molar-refractivity contribution in [3.05, 3.63) is 55.4 Å². The molecule has 0 atom stereocenters. The van der Waals surface area contributed by atoms with E-state index >= 15 is 0 Å². The van der Waals surface area contributed by atoms with Gasteiger partial charge in [-0.3, -0.25) is 4.79 Å². The molecule has 0 radical (unpaired) electrons. The number of alkyl halides is 3. The van der Waals surface area contributed by atoms with E-state index in [2.05, 4.69) is 15.9 Å². The third-order valence-corrected chi connectivity index (χ3v) is 4.75. The van der Waals surface area contributed by atoms with Gasteiger partial charge in [-0.2, -0.15) is 13.2 Å². The minimum atomic E-state index is -4.62. The van der Waals surface area contributed by atoms with Crippen molar-refractivity contribution in [2.75, 3.05) is 0 Å². The largest absolute Gasteiger partial charge is 0.416 e. The number of rotatable bonds is 2. The van der Waals surface area contributed by atoms with Crippen molar-refractivity contribution >= 4 is 33.0 Å². The molecule has 7 heteroatoms. The molecule has 0 spiro atoms. The van der Waals surface area contributed by atoms with Crippen molar-refractivity contribution in [2.45, 2.75) is 13.1 Å². The van der Waals surface area contributed by atoms with Crippen molar-refractivity contribution in [1.82, 2.24) is 0 Å². The Hall–Kier alpha value is -1.21. The summed E-state index contributed by atoms with van der Waals surface area (Å²) < 4.78 is 52.1. The summed E-state index contributed by atoms with van der Waals surface area (Å²) in [6.07, 6.45) is -4.62. The highest BCUT2D eigenvalue weighted by molar-refractivity contribution is 9.10. The fourth-order valence-electron chi connectivity index (χ4n) is 1.58. The number of carbonyl (C=O) groups excluding carboxylic acids is 1. The molecule has 1 heterocycles. The fourth-order valence-corrected chi connectivity index (χ4v) is 3.07. The number of thiophene rings is 1. The van der Waals surface area contributed by atoms with E-state index in [1.807, 2.05) is 0 Å². The third kappa shape index (κ3) is 2.93. The molecule has 0 N–H and O–H groups in total. The molecular formula is C13H7BrF4OS. The lowest BCUT2D eigenvalue weighted by Gasteiger charge is -2.08. The molecule has 20 heavy (non-hydrogen) atoms. The molecule has 2 rings (SSSR count). The van der Waals surface area contributed by atoms with Gasteiger partial charge >= 0.3 is 6.18 Å². The van der Waals surface area contributed by atoms with E-state index in [1.165, 1.54) is 6.07 Å². The van der Waals surface area contributed by atoms with Crippen LogP contribution in [0.1, 0.15) is 25.7 Å².